The van der Waals surface area contributed by atoms with Gasteiger partial charge in [-0.3, -0.25) is 4.79 Å². The second-order valence-electron chi connectivity index (χ2n) is 5.35. The molecule has 2 aromatic rings. The largest absolute Gasteiger partial charge is 0.497 e. The summed E-state index contributed by atoms with van der Waals surface area (Å²) in [5, 5.41) is 11.8. The van der Waals surface area contributed by atoms with Crippen LogP contribution < -0.4 is 10.1 Å². The minimum absolute atomic E-state index is 0.0544. The maximum absolute atomic E-state index is 12.1. The number of carbonyl (C=O) groups excluding carboxylic acids is 1. The van der Waals surface area contributed by atoms with Gasteiger partial charge in [0.1, 0.15) is 5.75 Å². The number of amidine groups is 1. The molecule has 0 radical (unpaired) electrons. The first-order valence-electron chi connectivity index (χ1n) is 7.61. The molecule has 1 heterocycles. The molecule has 1 amide bonds. The highest BCUT2D eigenvalue weighted by molar-refractivity contribution is 8.15. The van der Waals surface area contributed by atoms with Crippen molar-refractivity contribution in [1.82, 2.24) is 5.32 Å². The van der Waals surface area contributed by atoms with Gasteiger partial charge in [-0.15, -0.1) is 5.10 Å². The average Bonchev–Trinajstić information content (AvgIpc) is 2.97. The number of rotatable bonds is 5. The lowest BCUT2D eigenvalue weighted by molar-refractivity contribution is -0.118. The first-order chi connectivity index (χ1) is 12.1. The van der Waals surface area contributed by atoms with Gasteiger partial charge >= 0.3 is 0 Å². The smallest absolute Gasteiger partial charge is 0.239 e. The number of amides is 1. The van der Waals surface area contributed by atoms with Crippen LogP contribution in [-0.2, 0) is 11.2 Å². The maximum atomic E-state index is 12.1. The Morgan fingerprint density at radius 3 is 2.60 bits per heavy atom. The quantitative estimate of drug-likeness (QED) is 0.644. The van der Waals surface area contributed by atoms with Crippen molar-refractivity contribution in [2.45, 2.75) is 11.7 Å². The van der Waals surface area contributed by atoms with Crippen molar-refractivity contribution in [2.24, 2.45) is 10.2 Å². The van der Waals surface area contributed by atoms with Crippen LogP contribution in [0.5, 0.6) is 5.75 Å². The molecule has 0 aliphatic carbocycles. The number of ether oxygens (including phenoxy) is 1. The molecule has 0 bridgehead atoms. The summed E-state index contributed by atoms with van der Waals surface area (Å²) in [5.41, 5.74) is 1.96. The van der Waals surface area contributed by atoms with Crippen LogP contribution in [0.25, 0.3) is 0 Å². The number of nitrogens with one attached hydrogen (secondary N) is 1. The summed E-state index contributed by atoms with van der Waals surface area (Å²) >= 11 is 7.22. The molecule has 1 saturated heterocycles. The molecule has 128 valence electrons. The highest BCUT2D eigenvalue weighted by atomic mass is 35.5. The van der Waals surface area contributed by atoms with E-state index in [4.69, 9.17) is 16.3 Å². The van der Waals surface area contributed by atoms with Gasteiger partial charge in [-0.25, -0.2) is 0 Å². The number of hydrogen-bond donors (Lipinski definition) is 1. The third kappa shape index (κ3) is 4.84. The predicted octanol–water partition coefficient (Wildman–Crippen LogP) is 3.51. The Balaban J connectivity index is 1.60. The van der Waals surface area contributed by atoms with Crippen molar-refractivity contribution in [1.29, 1.82) is 0 Å². The van der Waals surface area contributed by atoms with E-state index >= 15 is 0 Å². The molecule has 0 saturated carbocycles. The van der Waals surface area contributed by atoms with Crippen LogP contribution in [0.15, 0.2) is 58.7 Å². The monoisotopic (exact) mass is 373 g/mol. The summed E-state index contributed by atoms with van der Waals surface area (Å²) in [6, 6.07) is 15.0. The van der Waals surface area contributed by atoms with Gasteiger partial charge in [-0.2, -0.15) is 5.10 Å². The van der Waals surface area contributed by atoms with Crippen molar-refractivity contribution in [3.63, 3.8) is 0 Å². The lowest BCUT2D eigenvalue weighted by Gasteiger charge is -2.06. The van der Waals surface area contributed by atoms with E-state index < -0.39 is 0 Å². The molecule has 1 fully saturated rings. The van der Waals surface area contributed by atoms with Gasteiger partial charge in [-0.1, -0.05) is 47.6 Å². The van der Waals surface area contributed by atoms with Crippen LogP contribution in [-0.4, -0.2) is 29.6 Å². The van der Waals surface area contributed by atoms with Crippen molar-refractivity contribution in [3.05, 3.63) is 64.7 Å². The lowest BCUT2D eigenvalue weighted by atomic mass is 10.1. The van der Waals surface area contributed by atoms with Crippen LogP contribution in [0.2, 0.25) is 5.02 Å². The summed E-state index contributed by atoms with van der Waals surface area (Å²) in [6.07, 6.45) is 2.24. The van der Waals surface area contributed by atoms with Crippen LogP contribution in [0.4, 0.5) is 0 Å². The second kappa shape index (κ2) is 8.18. The van der Waals surface area contributed by atoms with Gasteiger partial charge < -0.3 is 10.1 Å². The Hall–Kier alpha value is -2.31. The molecular weight excluding hydrogens is 358 g/mol. The molecule has 1 aliphatic heterocycles. The van der Waals surface area contributed by atoms with Crippen LogP contribution in [0, 0.1) is 0 Å². The fourth-order valence-electron chi connectivity index (χ4n) is 2.26. The van der Waals surface area contributed by atoms with E-state index in [0.717, 1.165) is 16.9 Å². The minimum atomic E-state index is -0.210. The van der Waals surface area contributed by atoms with Gasteiger partial charge in [0.15, 0.2) is 5.17 Å². The molecule has 0 aromatic heterocycles. The lowest BCUT2D eigenvalue weighted by Crippen LogP contribution is -2.25. The van der Waals surface area contributed by atoms with E-state index in [1.165, 1.54) is 11.8 Å². The Morgan fingerprint density at radius 1 is 1.20 bits per heavy atom. The number of thioether (sulfide) groups is 1. The Bertz CT molecular complexity index is 804. The van der Waals surface area contributed by atoms with E-state index in [1.807, 2.05) is 36.4 Å². The van der Waals surface area contributed by atoms with E-state index in [-0.39, 0.29) is 11.2 Å². The highest BCUT2D eigenvalue weighted by Crippen LogP contribution is 2.24. The summed E-state index contributed by atoms with van der Waals surface area (Å²) in [4.78, 5) is 12.1. The zero-order valence-electron chi connectivity index (χ0n) is 13.5. The molecular formula is C18H16ClN3O2S. The third-order valence-corrected chi connectivity index (χ3v) is 4.91. The fourth-order valence-corrected chi connectivity index (χ4v) is 3.35. The van der Waals surface area contributed by atoms with Gasteiger partial charge in [0.05, 0.1) is 18.6 Å². The molecule has 3 rings (SSSR count). The Kier molecular flexibility index (Phi) is 5.73. The molecule has 0 unspecified atom stereocenters. The topological polar surface area (TPSA) is 63.1 Å². The van der Waals surface area contributed by atoms with E-state index in [9.17, 15) is 4.79 Å². The van der Waals surface area contributed by atoms with Crippen molar-refractivity contribution >= 4 is 40.7 Å². The van der Waals surface area contributed by atoms with Crippen LogP contribution in [0.3, 0.4) is 0 Å². The van der Waals surface area contributed by atoms with E-state index in [1.54, 1.807) is 25.5 Å². The average molecular weight is 374 g/mol. The number of carbonyl (C=O) groups is 1. The van der Waals surface area contributed by atoms with Crippen molar-refractivity contribution < 1.29 is 9.53 Å². The first kappa shape index (κ1) is 17.5. The van der Waals surface area contributed by atoms with Crippen molar-refractivity contribution in [2.75, 3.05) is 7.11 Å². The summed E-state index contributed by atoms with van der Waals surface area (Å²) < 4.78 is 5.14. The summed E-state index contributed by atoms with van der Waals surface area (Å²) in [6.45, 7) is 0. The third-order valence-electron chi connectivity index (χ3n) is 3.58. The normalized spacial score (nSPS) is 18.7. The summed E-state index contributed by atoms with van der Waals surface area (Å²) in [5.74, 6) is 0.743. The summed E-state index contributed by atoms with van der Waals surface area (Å²) in [7, 11) is 1.63. The number of hydrogen-bond acceptors (Lipinski definition) is 5. The molecule has 1 N–H and O–H groups in total. The maximum Gasteiger partial charge on any atom is 0.239 e. The zero-order valence-corrected chi connectivity index (χ0v) is 15.1. The van der Waals surface area contributed by atoms with E-state index in [2.05, 4.69) is 15.5 Å². The fraction of sp³-hybridized carbons (Fsp3) is 0.167. The molecule has 7 heteroatoms. The predicted molar refractivity (Wildman–Crippen MR) is 103 cm³/mol. The van der Waals surface area contributed by atoms with Gasteiger partial charge in [0.2, 0.25) is 5.91 Å². The van der Waals surface area contributed by atoms with Crippen LogP contribution in [0.1, 0.15) is 11.1 Å². The van der Waals surface area contributed by atoms with E-state index in [0.29, 0.717) is 16.6 Å². The van der Waals surface area contributed by atoms with Gasteiger partial charge in [0.25, 0.3) is 0 Å². The van der Waals surface area contributed by atoms with Gasteiger partial charge in [-0.05, 0) is 41.8 Å². The molecule has 1 aliphatic rings. The molecule has 5 nitrogen and oxygen atoms in total. The Morgan fingerprint density at radius 2 is 1.92 bits per heavy atom. The number of methoxy groups -OCH3 is 1. The number of nitrogens with zero attached hydrogens (tertiary/aromatic N) is 2. The zero-order chi connectivity index (χ0) is 17.6. The molecule has 0 spiro atoms. The SMILES string of the molecule is COc1ccc(C[C@@H]2S/C(=N/N=C\c3ccc(Cl)cc3)NC2=O)cc1. The van der Waals surface area contributed by atoms with Crippen molar-refractivity contribution in [3.8, 4) is 5.75 Å². The molecule has 25 heavy (non-hydrogen) atoms. The minimum Gasteiger partial charge on any atom is -0.497 e. The van der Waals surface area contributed by atoms with Gasteiger partial charge in [0, 0.05) is 5.02 Å². The Labute approximate surface area is 155 Å². The first-order valence-corrected chi connectivity index (χ1v) is 8.87. The number of benzene rings is 2. The number of halogens is 1. The van der Waals surface area contributed by atoms with Crippen LogP contribution >= 0.6 is 23.4 Å². The highest BCUT2D eigenvalue weighted by Gasteiger charge is 2.30. The standard InChI is InChI=1S/C18H16ClN3O2S/c1-24-15-8-4-12(5-9-15)10-16-17(23)21-18(25-16)22-20-11-13-2-6-14(19)7-3-13/h2-9,11,16H,10H2,1H3,(H,21,22,23)/b20-11-/t16-/m0/s1. The molecule has 1 atom stereocenters. The molecule has 2 aromatic carbocycles. The second-order valence-corrected chi connectivity index (χ2v) is 6.98.